The van der Waals surface area contributed by atoms with Gasteiger partial charge in [0.25, 0.3) is 0 Å². The van der Waals surface area contributed by atoms with Crippen LogP contribution in [0, 0.1) is 5.92 Å². The van der Waals surface area contributed by atoms with Crippen molar-refractivity contribution in [2.24, 2.45) is 5.92 Å². The van der Waals surface area contributed by atoms with E-state index in [4.69, 9.17) is 14.7 Å². The summed E-state index contributed by atoms with van der Waals surface area (Å²) >= 11 is 0. The van der Waals surface area contributed by atoms with E-state index in [0.717, 1.165) is 83.8 Å². The van der Waals surface area contributed by atoms with Crippen molar-refractivity contribution in [1.82, 2.24) is 29.8 Å². The lowest BCUT2D eigenvalue weighted by Crippen LogP contribution is -2.44. The van der Waals surface area contributed by atoms with Gasteiger partial charge in [-0.1, -0.05) is 44.9 Å². The summed E-state index contributed by atoms with van der Waals surface area (Å²) in [5, 5.41) is 8.01. The molecule has 0 saturated carbocycles. The fourth-order valence-electron chi connectivity index (χ4n) is 6.30. The molecule has 0 spiro atoms. The highest BCUT2D eigenvalue weighted by atomic mass is 16.5. The molecule has 2 aromatic carbocycles. The maximum absolute atomic E-state index is 6.06. The molecule has 1 unspecified atom stereocenters. The highest BCUT2D eigenvalue weighted by molar-refractivity contribution is 5.99. The number of allylic oxidation sites excluding steroid dienone is 4. The molecule has 3 aromatic heterocycles. The van der Waals surface area contributed by atoms with E-state index >= 15 is 0 Å². The zero-order valence-corrected chi connectivity index (χ0v) is 30.6. The van der Waals surface area contributed by atoms with Gasteiger partial charge in [-0.2, -0.15) is 9.97 Å². The molecule has 11 nitrogen and oxygen atoms in total. The molecular weight excluding hydrogens is 624 g/mol. The first-order valence-electron chi connectivity index (χ1n) is 17.5. The number of hydrogen-bond acceptors (Lipinski definition) is 10. The summed E-state index contributed by atoms with van der Waals surface area (Å²) in [6.45, 7) is 12.9. The number of fused-ring (bicyclic) bond motifs is 2. The van der Waals surface area contributed by atoms with Crippen LogP contribution in [0.1, 0.15) is 46.1 Å². The zero-order valence-electron chi connectivity index (χ0n) is 30.6. The van der Waals surface area contributed by atoms with Gasteiger partial charge in [0, 0.05) is 76.2 Å². The van der Waals surface area contributed by atoms with E-state index < -0.39 is 0 Å². The number of aromatic nitrogens is 5. The lowest BCUT2D eigenvalue weighted by atomic mass is 9.94. The molecule has 4 heterocycles. The minimum absolute atomic E-state index is 0.421. The predicted octanol–water partition coefficient (Wildman–Crippen LogP) is 8.00. The first-order chi connectivity index (χ1) is 24.2. The van der Waals surface area contributed by atoms with Crippen LogP contribution < -0.4 is 25.2 Å². The fraction of sp³-hybridized carbons (Fsp3) is 0.385. The lowest BCUT2D eigenvalue weighted by molar-refractivity contribution is 0.312. The first-order valence-corrected chi connectivity index (χ1v) is 17.5. The minimum Gasteiger partial charge on any atom is -0.494 e. The van der Waals surface area contributed by atoms with Crippen molar-refractivity contribution in [2.75, 3.05) is 74.9 Å². The molecule has 11 heteroatoms. The van der Waals surface area contributed by atoms with Crippen molar-refractivity contribution in [3.8, 4) is 5.75 Å². The predicted molar refractivity (Wildman–Crippen MR) is 209 cm³/mol. The van der Waals surface area contributed by atoms with Gasteiger partial charge in [0.2, 0.25) is 5.95 Å². The van der Waals surface area contributed by atoms with Crippen molar-refractivity contribution >= 4 is 62.2 Å². The summed E-state index contributed by atoms with van der Waals surface area (Å²) in [7, 11) is 7.92. The Hall–Kier alpha value is -5.16. The van der Waals surface area contributed by atoms with E-state index in [2.05, 4.69) is 94.4 Å². The molecule has 6 rings (SSSR count). The number of nitrogens with zero attached hydrogens (tertiary/aromatic N) is 7. The Morgan fingerprint density at radius 1 is 1.02 bits per heavy atom. The number of piperazine rings is 1. The smallest absolute Gasteiger partial charge is 0.231 e. The number of hydrogen-bond donors (Lipinski definition) is 3. The molecule has 1 atom stereocenters. The van der Waals surface area contributed by atoms with E-state index in [0.29, 0.717) is 23.3 Å². The second-order valence-corrected chi connectivity index (χ2v) is 13.4. The number of likely N-dealkylation sites (N-methyl/N-ethyl adjacent to an activating group) is 1. The van der Waals surface area contributed by atoms with Crippen molar-refractivity contribution in [3.05, 3.63) is 72.2 Å². The summed E-state index contributed by atoms with van der Waals surface area (Å²) in [6.07, 6.45) is 12.1. The average molecular weight is 675 g/mol. The molecule has 0 aliphatic carbocycles. The monoisotopic (exact) mass is 674 g/mol. The van der Waals surface area contributed by atoms with Crippen LogP contribution in [0.25, 0.3) is 27.6 Å². The highest BCUT2D eigenvalue weighted by Gasteiger charge is 2.23. The van der Waals surface area contributed by atoms with Gasteiger partial charge in [0.05, 0.1) is 35.1 Å². The number of H-pyrrole nitrogens is 1. The molecule has 50 heavy (non-hydrogen) atoms. The van der Waals surface area contributed by atoms with E-state index in [1.54, 1.807) is 19.5 Å². The summed E-state index contributed by atoms with van der Waals surface area (Å²) in [4.78, 5) is 29.3. The molecule has 262 valence electrons. The van der Waals surface area contributed by atoms with E-state index in [1.165, 1.54) is 16.8 Å². The van der Waals surface area contributed by atoms with Gasteiger partial charge in [-0.05, 0) is 56.1 Å². The first kappa shape index (κ1) is 34.7. The van der Waals surface area contributed by atoms with Gasteiger partial charge in [-0.15, -0.1) is 0 Å². The molecule has 0 radical (unpaired) electrons. The summed E-state index contributed by atoms with van der Waals surface area (Å²) in [5.74, 6) is 2.26. The van der Waals surface area contributed by atoms with Crippen molar-refractivity contribution < 1.29 is 4.74 Å². The Labute approximate surface area is 295 Å². The zero-order chi connectivity index (χ0) is 35.4. The third kappa shape index (κ3) is 7.38. The maximum atomic E-state index is 6.06. The molecule has 0 bridgehead atoms. The summed E-state index contributed by atoms with van der Waals surface area (Å²) in [6, 6.07) is 10.4. The van der Waals surface area contributed by atoms with Crippen LogP contribution in [0.3, 0.4) is 0 Å². The van der Waals surface area contributed by atoms with Crippen LogP contribution in [0.15, 0.2) is 66.6 Å². The maximum Gasteiger partial charge on any atom is 0.231 e. The SMILES string of the molecule is CC/C(C)=C/C(=C\C(C)CC)c1cc(Nc2nc(Nc3ccc4nccnc4c3N(C)C)c3cc[nH]c3n2)c(OC)cc1N1CCN(C)CC1. The van der Waals surface area contributed by atoms with Crippen LogP contribution in [0.4, 0.5) is 34.5 Å². The number of ether oxygens (including phenoxy) is 1. The van der Waals surface area contributed by atoms with Gasteiger partial charge in [-0.3, -0.25) is 9.97 Å². The molecule has 0 amide bonds. The van der Waals surface area contributed by atoms with Gasteiger partial charge in [-0.25, -0.2) is 0 Å². The number of nitrogens with one attached hydrogen (secondary N) is 3. The van der Waals surface area contributed by atoms with Crippen LogP contribution in [-0.4, -0.2) is 84.3 Å². The number of benzene rings is 2. The van der Waals surface area contributed by atoms with E-state index in [1.807, 2.05) is 43.4 Å². The minimum atomic E-state index is 0.421. The molecule has 1 fully saturated rings. The largest absolute Gasteiger partial charge is 0.494 e. The Kier molecular flexibility index (Phi) is 10.5. The molecule has 1 saturated heterocycles. The van der Waals surface area contributed by atoms with Gasteiger partial charge in [0.15, 0.2) is 0 Å². The standard InChI is InChI=1S/C39H50N10O/c1-9-25(3)21-27(22-26(4)10-2)29-23-32(34(50-8)24-33(29)49-19-17-48(7)18-20-49)44-39-45-37-28(13-14-42-37)38(46-39)43-31-12-11-30-35(36(31)47(5)6)41-16-15-40-30/h11-16,21-25H,9-10,17-20H2,1-8H3,(H3,42,43,44,45,46)/b26-22+,27-21+. The second kappa shape index (κ2) is 15.2. The number of methoxy groups -OCH3 is 1. The molecule has 3 N–H and O–H groups in total. The van der Waals surface area contributed by atoms with Crippen LogP contribution >= 0.6 is 0 Å². The highest BCUT2D eigenvalue weighted by Crippen LogP contribution is 2.41. The third-order valence-electron chi connectivity index (χ3n) is 9.52. The summed E-state index contributed by atoms with van der Waals surface area (Å²) in [5.41, 5.74) is 9.83. The molecule has 1 aliphatic rings. The number of rotatable bonds is 12. The van der Waals surface area contributed by atoms with Gasteiger partial charge < -0.3 is 35.1 Å². The second-order valence-electron chi connectivity index (χ2n) is 13.4. The van der Waals surface area contributed by atoms with Crippen molar-refractivity contribution in [3.63, 3.8) is 0 Å². The van der Waals surface area contributed by atoms with Gasteiger partial charge >= 0.3 is 0 Å². The average Bonchev–Trinajstić information content (AvgIpc) is 3.60. The topological polar surface area (TPSA) is 110 Å². The normalized spacial score (nSPS) is 15.1. The summed E-state index contributed by atoms with van der Waals surface area (Å²) < 4.78 is 6.06. The lowest BCUT2D eigenvalue weighted by Gasteiger charge is -2.36. The van der Waals surface area contributed by atoms with E-state index in [-0.39, 0.29) is 0 Å². The molecule has 5 aromatic rings. The van der Waals surface area contributed by atoms with Crippen molar-refractivity contribution in [1.29, 1.82) is 0 Å². The van der Waals surface area contributed by atoms with Crippen LogP contribution in [-0.2, 0) is 0 Å². The third-order valence-corrected chi connectivity index (χ3v) is 9.52. The number of aromatic amines is 1. The Balaban J connectivity index is 1.46. The molecular formula is C39H50N10O. The van der Waals surface area contributed by atoms with Crippen LogP contribution in [0.5, 0.6) is 5.75 Å². The Bertz CT molecular complexity index is 2020. The van der Waals surface area contributed by atoms with Gasteiger partial charge in [0.1, 0.15) is 22.7 Å². The van der Waals surface area contributed by atoms with Crippen molar-refractivity contribution in [2.45, 2.75) is 40.5 Å². The quantitative estimate of drug-likeness (QED) is 0.113. The Morgan fingerprint density at radius 3 is 2.52 bits per heavy atom. The Morgan fingerprint density at radius 2 is 1.80 bits per heavy atom. The fourth-order valence-corrected chi connectivity index (χ4v) is 6.30. The number of anilines is 6. The van der Waals surface area contributed by atoms with E-state index in [9.17, 15) is 0 Å². The molecule has 1 aliphatic heterocycles. The van der Waals surface area contributed by atoms with Crippen LogP contribution in [0.2, 0.25) is 0 Å².